The average molecular weight is 238 g/mol. The van der Waals surface area contributed by atoms with E-state index in [0.29, 0.717) is 6.04 Å². The standard InChI is InChI=1S/C11H14N2S2/c14-11(13-10-7-15-8-10)12-6-9-4-2-1-3-5-9/h1-5,10H,6-8H2,(H2,12,13,14). The molecule has 1 aliphatic heterocycles. The lowest BCUT2D eigenvalue weighted by molar-refractivity contribution is 0.703. The molecule has 1 fully saturated rings. The molecule has 0 unspecified atom stereocenters. The molecule has 2 N–H and O–H groups in total. The van der Waals surface area contributed by atoms with Crippen LogP contribution in [0.5, 0.6) is 0 Å². The molecule has 0 amide bonds. The molecule has 15 heavy (non-hydrogen) atoms. The van der Waals surface area contributed by atoms with Crippen LogP contribution in [0.3, 0.4) is 0 Å². The summed E-state index contributed by atoms with van der Waals surface area (Å²) in [5.41, 5.74) is 1.25. The van der Waals surface area contributed by atoms with Crippen LogP contribution in [0.15, 0.2) is 30.3 Å². The van der Waals surface area contributed by atoms with Crippen LogP contribution in [0.1, 0.15) is 5.56 Å². The van der Waals surface area contributed by atoms with Crippen LogP contribution in [-0.2, 0) is 6.54 Å². The third kappa shape index (κ3) is 3.39. The van der Waals surface area contributed by atoms with Gasteiger partial charge in [0, 0.05) is 24.1 Å². The molecule has 1 aromatic rings. The van der Waals surface area contributed by atoms with Crippen LogP contribution in [0.4, 0.5) is 0 Å². The minimum atomic E-state index is 0.575. The van der Waals surface area contributed by atoms with Gasteiger partial charge in [0.15, 0.2) is 5.11 Å². The van der Waals surface area contributed by atoms with Gasteiger partial charge in [-0.05, 0) is 17.8 Å². The Morgan fingerprint density at radius 3 is 2.67 bits per heavy atom. The average Bonchev–Trinajstić information content (AvgIpc) is 2.22. The Labute approximate surface area is 99.8 Å². The second-order valence-corrected chi connectivity index (χ2v) is 5.03. The molecule has 0 radical (unpaired) electrons. The van der Waals surface area contributed by atoms with Crippen LogP contribution in [0.2, 0.25) is 0 Å². The first-order valence-electron chi connectivity index (χ1n) is 5.00. The number of thiocarbonyl (C=S) groups is 1. The summed E-state index contributed by atoms with van der Waals surface area (Å²) in [6.45, 7) is 0.798. The summed E-state index contributed by atoms with van der Waals surface area (Å²) in [6.07, 6.45) is 0. The lowest BCUT2D eigenvalue weighted by atomic mass is 10.2. The fourth-order valence-electron chi connectivity index (χ4n) is 1.33. The molecule has 1 heterocycles. The third-order valence-corrected chi connectivity index (χ3v) is 3.81. The van der Waals surface area contributed by atoms with Gasteiger partial charge >= 0.3 is 0 Å². The normalized spacial score (nSPS) is 15.5. The van der Waals surface area contributed by atoms with Crippen molar-refractivity contribution < 1.29 is 0 Å². The highest BCUT2D eigenvalue weighted by molar-refractivity contribution is 8.00. The summed E-state index contributed by atoms with van der Waals surface area (Å²) in [5.74, 6) is 2.35. The maximum atomic E-state index is 5.20. The van der Waals surface area contributed by atoms with Crippen LogP contribution in [0.25, 0.3) is 0 Å². The number of nitrogens with one attached hydrogen (secondary N) is 2. The van der Waals surface area contributed by atoms with E-state index in [1.165, 1.54) is 17.1 Å². The number of hydrogen-bond donors (Lipinski definition) is 2. The zero-order valence-corrected chi connectivity index (χ0v) is 10.0. The molecule has 0 aromatic heterocycles. The molecule has 2 nitrogen and oxygen atoms in total. The van der Waals surface area contributed by atoms with Gasteiger partial charge in [-0.15, -0.1) is 0 Å². The quantitative estimate of drug-likeness (QED) is 0.784. The first kappa shape index (κ1) is 10.8. The Hall–Kier alpha value is -0.740. The van der Waals surface area contributed by atoms with Gasteiger partial charge in [-0.3, -0.25) is 0 Å². The van der Waals surface area contributed by atoms with Gasteiger partial charge in [-0.25, -0.2) is 0 Å². The van der Waals surface area contributed by atoms with Crippen molar-refractivity contribution in [3.05, 3.63) is 35.9 Å². The van der Waals surface area contributed by atoms with E-state index in [1.807, 2.05) is 30.0 Å². The highest BCUT2D eigenvalue weighted by atomic mass is 32.2. The smallest absolute Gasteiger partial charge is 0.166 e. The Bertz CT molecular complexity index is 323. The minimum absolute atomic E-state index is 0.575. The Morgan fingerprint density at radius 2 is 2.07 bits per heavy atom. The predicted molar refractivity (Wildman–Crippen MR) is 70.1 cm³/mol. The molecular formula is C11H14N2S2. The Morgan fingerprint density at radius 1 is 1.33 bits per heavy atom. The number of rotatable bonds is 3. The fraction of sp³-hybridized carbons (Fsp3) is 0.364. The summed E-state index contributed by atoms with van der Waals surface area (Å²) < 4.78 is 0. The third-order valence-electron chi connectivity index (χ3n) is 2.27. The maximum absolute atomic E-state index is 5.20. The van der Waals surface area contributed by atoms with E-state index in [1.54, 1.807) is 0 Å². The summed E-state index contributed by atoms with van der Waals surface area (Å²) in [6, 6.07) is 10.9. The largest absolute Gasteiger partial charge is 0.359 e. The van der Waals surface area contributed by atoms with Gasteiger partial charge in [-0.1, -0.05) is 30.3 Å². The Balaban J connectivity index is 1.71. The van der Waals surface area contributed by atoms with Gasteiger partial charge in [0.2, 0.25) is 0 Å². The molecule has 1 aliphatic rings. The highest BCUT2D eigenvalue weighted by Gasteiger charge is 2.18. The topological polar surface area (TPSA) is 24.1 Å². The van der Waals surface area contributed by atoms with E-state index < -0.39 is 0 Å². The SMILES string of the molecule is S=C(NCc1ccccc1)NC1CSC1. The molecule has 0 spiro atoms. The predicted octanol–water partition coefficient (Wildman–Crippen LogP) is 1.77. The van der Waals surface area contributed by atoms with E-state index in [0.717, 1.165) is 11.7 Å². The summed E-state index contributed by atoms with van der Waals surface area (Å²) >= 11 is 7.15. The van der Waals surface area contributed by atoms with Gasteiger partial charge < -0.3 is 10.6 Å². The molecule has 80 valence electrons. The van der Waals surface area contributed by atoms with Gasteiger partial charge in [0.05, 0.1) is 0 Å². The molecule has 4 heteroatoms. The lowest BCUT2D eigenvalue weighted by Gasteiger charge is -2.27. The van der Waals surface area contributed by atoms with Crippen molar-refractivity contribution in [2.24, 2.45) is 0 Å². The molecular weight excluding hydrogens is 224 g/mol. The number of thioether (sulfide) groups is 1. The zero-order valence-electron chi connectivity index (χ0n) is 8.40. The van der Waals surface area contributed by atoms with Crippen molar-refractivity contribution >= 4 is 29.1 Å². The van der Waals surface area contributed by atoms with Crippen molar-refractivity contribution in [3.8, 4) is 0 Å². The molecule has 0 aliphatic carbocycles. The molecule has 1 saturated heterocycles. The van der Waals surface area contributed by atoms with Crippen molar-refractivity contribution in [2.45, 2.75) is 12.6 Å². The first-order chi connectivity index (χ1) is 7.34. The van der Waals surface area contributed by atoms with Crippen molar-refractivity contribution in [1.29, 1.82) is 0 Å². The van der Waals surface area contributed by atoms with Crippen molar-refractivity contribution in [3.63, 3.8) is 0 Å². The van der Waals surface area contributed by atoms with Gasteiger partial charge in [-0.2, -0.15) is 11.8 Å². The van der Waals surface area contributed by atoms with E-state index in [4.69, 9.17) is 12.2 Å². The summed E-state index contributed by atoms with van der Waals surface area (Å²) in [7, 11) is 0. The van der Waals surface area contributed by atoms with Crippen LogP contribution in [0, 0.1) is 0 Å². The highest BCUT2D eigenvalue weighted by Crippen LogP contribution is 2.16. The molecule has 0 bridgehead atoms. The lowest BCUT2D eigenvalue weighted by Crippen LogP contribution is -2.47. The van der Waals surface area contributed by atoms with Gasteiger partial charge in [0.1, 0.15) is 0 Å². The van der Waals surface area contributed by atoms with Gasteiger partial charge in [0.25, 0.3) is 0 Å². The molecule has 2 rings (SSSR count). The van der Waals surface area contributed by atoms with Crippen LogP contribution < -0.4 is 10.6 Å². The molecule has 1 aromatic carbocycles. The Kier molecular flexibility index (Phi) is 3.86. The molecule has 0 saturated carbocycles. The van der Waals surface area contributed by atoms with Crippen LogP contribution in [-0.4, -0.2) is 22.7 Å². The van der Waals surface area contributed by atoms with E-state index in [9.17, 15) is 0 Å². The van der Waals surface area contributed by atoms with E-state index in [2.05, 4.69) is 22.8 Å². The van der Waals surface area contributed by atoms with E-state index in [-0.39, 0.29) is 0 Å². The van der Waals surface area contributed by atoms with Crippen molar-refractivity contribution in [1.82, 2.24) is 10.6 Å². The molecule has 0 atom stereocenters. The van der Waals surface area contributed by atoms with Crippen molar-refractivity contribution in [2.75, 3.05) is 11.5 Å². The summed E-state index contributed by atoms with van der Waals surface area (Å²) in [4.78, 5) is 0. The van der Waals surface area contributed by atoms with E-state index >= 15 is 0 Å². The minimum Gasteiger partial charge on any atom is -0.359 e. The second kappa shape index (κ2) is 5.37. The summed E-state index contributed by atoms with van der Waals surface area (Å²) in [5, 5.41) is 7.26. The maximum Gasteiger partial charge on any atom is 0.166 e. The fourth-order valence-corrected chi connectivity index (χ4v) is 2.21. The van der Waals surface area contributed by atoms with Crippen LogP contribution >= 0.6 is 24.0 Å². The first-order valence-corrected chi connectivity index (χ1v) is 6.57. The number of benzene rings is 1. The zero-order chi connectivity index (χ0) is 10.5. The number of hydrogen-bond acceptors (Lipinski definition) is 2. The second-order valence-electron chi connectivity index (χ2n) is 3.55. The monoisotopic (exact) mass is 238 g/mol.